The van der Waals surface area contributed by atoms with Gasteiger partial charge in [0, 0.05) is 18.6 Å². The summed E-state index contributed by atoms with van der Waals surface area (Å²) in [5.41, 5.74) is 0. The summed E-state index contributed by atoms with van der Waals surface area (Å²) in [6, 6.07) is 0.261. The molecule has 2 aliphatic heterocycles. The maximum Gasteiger partial charge on any atom is 0.237 e. The SMILES string of the molecule is CC(NC(=O)[C@@H]1CCCCN1)C1CCOC1. The van der Waals surface area contributed by atoms with Crippen LogP contribution >= 0.6 is 0 Å². The number of carbonyl (C=O) groups is 1. The van der Waals surface area contributed by atoms with Gasteiger partial charge in [0.15, 0.2) is 0 Å². The summed E-state index contributed by atoms with van der Waals surface area (Å²) in [5, 5.41) is 6.38. The Labute approximate surface area is 97.1 Å². The fraction of sp³-hybridized carbons (Fsp3) is 0.917. The quantitative estimate of drug-likeness (QED) is 0.743. The van der Waals surface area contributed by atoms with Crippen LogP contribution < -0.4 is 10.6 Å². The second-order valence-electron chi connectivity index (χ2n) is 4.92. The van der Waals surface area contributed by atoms with Gasteiger partial charge in [0.1, 0.15) is 0 Å². The van der Waals surface area contributed by atoms with Gasteiger partial charge in [-0.15, -0.1) is 0 Å². The Morgan fingerprint density at radius 3 is 2.94 bits per heavy atom. The van der Waals surface area contributed by atoms with E-state index in [0.717, 1.165) is 39.0 Å². The highest BCUT2D eigenvalue weighted by atomic mass is 16.5. The molecule has 1 amide bonds. The molecule has 0 aromatic rings. The maximum atomic E-state index is 12.0. The molecular weight excluding hydrogens is 204 g/mol. The monoisotopic (exact) mass is 226 g/mol. The van der Waals surface area contributed by atoms with Crippen molar-refractivity contribution in [2.75, 3.05) is 19.8 Å². The highest BCUT2D eigenvalue weighted by Crippen LogP contribution is 2.17. The van der Waals surface area contributed by atoms with E-state index < -0.39 is 0 Å². The van der Waals surface area contributed by atoms with Crippen molar-refractivity contribution >= 4 is 5.91 Å². The molecule has 0 aromatic carbocycles. The summed E-state index contributed by atoms with van der Waals surface area (Å²) in [6.07, 6.45) is 4.39. The molecule has 0 saturated carbocycles. The van der Waals surface area contributed by atoms with Crippen molar-refractivity contribution < 1.29 is 9.53 Å². The average molecular weight is 226 g/mol. The molecule has 2 saturated heterocycles. The minimum Gasteiger partial charge on any atom is -0.381 e. The highest BCUT2D eigenvalue weighted by molar-refractivity contribution is 5.82. The van der Waals surface area contributed by atoms with E-state index in [9.17, 15) is 4.79 Å². The topological polar surface area (TPSA) is 50.4 Å². The van der Waals surface area contributed by atoms with Gasteiger partial charge in [-0.3, -0.25) is 4.79 Å². The van der Waals surface area contributed by atoms with Gasteiger partial charge in [-0.2, -0.15) is 0 Å². The molecule has 0 bridgehead atoms. The molecule has 3 atom stereocenters. The van der Waals surface area contributed by atoms with Crippen molar-refractivity contribution in [3.63, 3.8) is 0 Å². The van der Waals surface area contributed by atoms with Crippen molar-refractivity contribution in [1.29, 1.82) is 0 Å². The van der Waals surface area contributed by atoms with Crippen molar-refractivity contribution in [2.45, 2.75) is 44.7 Å². The Kier molecular flexibility index (Phi) is 4.18. The smallest absolute Gasteiger partial charge is 0.237 e. The number of piperidine rings is 1. The van der Waals surface area contributed by atoms with E-state index >= 15 is 0 Å². The molecule has 16 heavy (non-hydrogen) atoms. The van der Waals surface area contributed by atoms with Gasteiger partial charge in [-0.25, -0.2) is 0 Å². The van der Waals surface area contributed by atoms with Crippen LogP contribution in [0.25, 0.3) is 0 Å². The molecule has 4 nitrogen and oxygen atoms in total. The van der Waals surface area contributed by atoms with Crippen LogP contribution in [0.15, 0.2) is 0 Å². The molecule has 0 radical (unpaired) electrons. The molecule has 2 unspecified atom stereocenters. The van der Waals surface area contributed by atoms with E-state index in [1.165, 1.54) is 6.42 Å². The van der Waals surface area contributed by atoms with E-state index in [2.05, 4.69) is 17.6 Å². The molecule has 4 heteroatoms. The van der Waals surface area contributed by atoms with Crippen molar-refractivity contribution in [1.82, 2.24) is 10.6 Å². The Bertz CT molecular complexity index is 233. The maximum absolute atomic E-state index is 12.0. The zero-order valence-corrected chi connectivity index (χ0v) is 10.00. The lowest BCUT2D eigenvalue weighted by Crippen LogP contribution is -2.50. The average Bonchev–Trinajstić information content (AvgIpc) is 2.83. The Morgan fingerprint density at radius 1 is 1.44 bits per heavy atom. The zero-order chi connectivity index (χ0) is 11.4. The number of nitrogens with one attached hydrogen (secondary N) is 2. The molecule has 2 fully saturated rings. The molecule has 0 spiro atoms. The largest absolute Gasteiger partial charge is 0.381 e. The van der Waals surface area contributed by atoms with E-state index in [-0.39, 0.29) is 18.0 Å². The lowest BCUT2D eigenvalue weighted by Gasteiger charge is -2.26. The van der Waals surface area contributed by atoms with Crippen molar-refractivity contribution in [3.05, 3.63) is 0 Å². The fourth-order valence-electron chi connectivity index (χ4n) is 2.47. The van der Waals surface area contributed by atoms with Gasteiger partial charge in [0.25, 0.3) is 0 Å². The molecule has 92 valence electrons. The van der Waals surface area contributed by atoms with E-state index in [0.29, 0.717) is 5.92 Å². The second kappa shape index (κ2) is 5.64. The summed E-state index contributed by atoms with van der Waals surface area (Å²) in [7, 11) is 0. The molecule has 2 heterocycles. The summed E-state index contributed by atoms with van der Waals surface area (Å²) in [4.78, 5) is 12.0. The molecular formula is C12H22N2O2. The third kappa shape index (κ3) is 2.95. The van der Waals surface area contributed by atoms with Crippen LogP contribution in [0.3, 0.4) is 0 Å². The number of amides is 1. The zero-order valence-electron chi connectivity index (χ0n) is 10.00. The summed E-state index contributed by atoms with van der Waals surface area (Å²) in [6.45, 7) is 4.69. The van der Waals surface area contributed by atoms with Crippen LogP contribution in [0.2, 0.25) is 0 Å². The lowest BCUT2D eigenvalue weighted by molar-refractivity contribution is -0.124. The van der Waals surface area contributed by atoms with Gasteiger partial charge < -0.3 is 15.4 Å². The minimum absolute atomic E-state index is 0.0264. The minimum atomic E-state index is 0.0264. The van der Waals surface area contributed by atoms with Gasteiger partial charge >= 0.3 is 0 Å². The highest BCUT2D eigenvalue weighted by Gasteiger charge is 2.26. The van der Waals surface area contributed by atoms with Crippen LogP contribution in [0.1, 0.15) is 32.6 Å². The Hall–Kier alpha value is -0.610. The molecule has 2 aliphatic rings. The fourth-order valence-corrected chi connectivity index (χ4v) is 2.47. The van der Waals surface area contributed by atoms with Gasteiger partial charge in [-0.05, 0) is 32.7 Å². The van der Waals surface area contributed by atoms with Crippen LogP contribution in [-0.2, 0) is 9.53 Å². The Balaban J connectivity index is 1.76. The molecule has 0 aliphatic carbocycles. The van der Waals surface area contributed by atoms with Gasteiger partial charge in [-0.1, -0.05) is 6.42 Å². The Morgan fingerprint density at radius 2 is 2.31 bits per heavy atom. The number of hydrogen-bond donors (Lipinski definition) is 2. The first-order valence-corrected chi connectivity index (χ1v) is 6.39. The van der Waals surface area contributed by atoms with Crippen molar-refractivity contribution in [3.8, 4) is 0 Å². The predicted octanol–water partition coefficient (Wildman–Crippen LogP) is 0.670. The summed E-state index contributed by atoms with van der Waals surface area (Å²) in [5.74, 6) is 0.659. The van der Waals surface area contributed by atoms with Gasteiger partial charge in [0.05, 0.1) is 12.6 Å². The number of ether oxygens (including phenoxy) is 1. The molecule has 2 rings (SSSR count). The third-order valence-corrected chi connectivity index (χ3v) is 3.67. The summed E-state index contributed by atoms with van der Waals surface area (Å²) < 4.78 is 5.34. The first-order valence-electron chi connectivity index (χ1n) is 6.39. The van der Waals surface area contributed by atoms with E-state index in [4.69, 9.17) is 4.74 Å². The number of carbonyl (C=O) groups excluding carboxylic acids is 1. The summed E-state index contributed by atoms with van der Waals surface area (Å²) >= 11 is 0. The standard InChI is InChI=1S/C12H22N2O2/c1-9(10-5-7-16-8-10)14-12(15)11-4-2-3-6-13-11/h9-11,13H,2-8H2,1H3,(H,14,15)/t9?,10?,11-/m0/s1. The predicted molar refractivity (Wildman–Crippen MR) is 62.2 cm³/mol. The normalized spacial score (nSPS) is 32.3. The van der Waals surface area contributed by atoms with Crippen LogP contribution in [-0.4, -0.2) is 37.7 Å². The van der Waals surface area contributed by atoms with E-state index in [1.54, 1.807) is 0 Å². The third-order valence-electron chi connectivity index (χ3n) is 3.67. The van der Waals surface area contributed by atoms with Crippen LogP contribution in [0.5, 0.6) is 0 Å². The van der Waals surface area contributed by atoms with E-state index in [1.807, 2.05) is 0 Å². The van der Waals surface area contributed by atoms with Crippen molar-refractivity contribution in [2.24, 2.45) is 5.92 Å². The molecule has 0 aromatic heterocycles. The first-order chi connectivity index (χ1) is 7.77. The van der Waals surface area contributed by atoms with Crippen LogP contribution in [0, 0.1) is 5.92 Å². The number of hydrogen-bond acceptors (Lipinski definition) is 3. The first kappa shape index (κ1) is 11.9. The van der Waals surface area contributed by atoms with Gasteiger partial charge in [0.2, 0.25) is 5.91 Å². The lowest BCUT2D eigenvalue weighted by atomic mass is 9.99. The number of rotatable bonds is 3. The molecule has 2 N–H and O–H groups in total. The second-order valence-corrected chi connectivity index (χ2v) is 4.92. The van der Waals surface area contributed by atoms with Crippen LogP contribution in [0.4, 0.5) is 0 Å².